The van der Waals surface area contributed by atoms with Crippen LogP contribution in [-0.2, 0) is 6.54 Å². The minimum absolute atomic E-state index is 0.257. The normalized spacial score (nSPS) is 10.9. The zero-order chi connectivity index (χ0) is 21.3. The first-order valence-corrected chi connectivity index (χ1v) is 10.6. The summed E-state index contributed by atoms with van der Waals surface area (Å²) in [6.07, 6.45) is 0. The van der Waals surface area contributed by atoms with E-state index in [9.17, 15) is 4.79 Å². The van der Waals surface area contributed by atoms with E-state index in [2.05, 4.69) is 5.32 Å². The van der Waals surface area contributed by atoms with Crippen molar-refractivity contribution in [1.82, 2.24) is 10.3 Å². The van der Waals surface area contributed by atoms with Gasteiger partial charge in [0.2, 0.25) is 0 Å². The third-order valence-electron chi connectivity index (χ3n) is 4.62. The summed E-state index contributed by atoms with van der Waals surface area (Å²) >= 11 is 13.2. The molecule has 0 fully saturated rings. The van der Waals surface area contributed by atoms with E-state index >= 15 is 0 Å². The molecule has 0 radical (unpaired) electrons. The first-order chi connectivity index (χ1) is 14.5. The summed E-state index contributed by atoms with van der Waals surface area (Å²) in [6.45, 7) is 0.313. The third-order valence-corrected chi connectivity index (χ3v) is 6.48. The molecular weight excluding hydrogens is 441 g/mol. The summed E-state index contributed by atoms with van der Waals surface area (Å²) in [5, 5.41) is 4.55. The van der Waals surface area contributed by atoms with Gasteiger partial charge in [-0.3, -0.25) is 4.79 Å². The van der Waals surface area contributed by atoms with Crippen LogP contribution in [0.5, 0.6) is 5.75 Å². The van der Waals surface area contributed by atoms with Gasteiger partial charge in [0.25, 0.3) is 5.91 Å². The molecule has 2 aromatic heterocycles. The van der Waals surface area contributed by atoms with Crippen LogP contribution >= 0.6 is 34.5 Å². The van der Waals surface area contributed by atoms with Gasteiger partial charge in [-0.05, 0) is 54.1 Å². The van der Waals surface area contributed by atoms with Gasteiger partial charge < -0.3 is 15.8 Å². The monoisotopic (exact) mass is 457 g/mol. The Bertz CT molecular complexity index is 1240. The fraction of sp³-hybridized carbons (Fsp3) is 0.0909. The number of carbonyl (C=O) groups excluding carboxylic acids is 1. The largest absolute Gasteiger partial charge is 0.497 e. The molecule has 5 nitrogen and oxygen atoms in total. The van der Waals surface area contributed by atoms with Gasteiger partial charge in [-0.1, -0.05) is 29.3 Å². The van der Waals surface area contributed by atoms with Crippen LogP contribution in [0.15, 0.2) is 54.6 Å². The number of nitrogens with two attached hydrogens (primary N) is 1. The van der Waals surface area contributed by atoms with Gasteiger partial charge >= 0.3 is 0 Å². The Morgan fingerprint density at radius 2 is 1.87 bits per heavy atom. The summed E-state index contributed by atoms with van der Waals surface area (Å²) in [6, 6.07) is 16.7. The quantitative estimate of drug-likeness (QED) is 0.397. The molecule has 4 rings (SSSR count). The molecule has 2 aromatic carbocycles. The fourth-order valence-electron chi connectivity index (χ4n) is 3.00. The van der Waals surface area contributed by atoms with E-state index < -0.39 is 0 Å². The second-order valence-corrected chi connectivity index (χ2v) is 8.37. The summed E-state index contributed by atoms with van der Waals surface area (Å²) < 4.78 is 5.19. The number of aromatic nitrogens is 1. The molecule has 0 aliphatic heterocycles. The topological polar surface area (TPSA) is 77.2 Å². The number of nitrogens with one attached hydrogen (secondary N) is 1. The molecule has 30 heavy (non-hydrogen) atoms. The van der Waals surface area contributed by atoms with E-state index in [1.165, 1.54) is 11.3 Å². The molecule has 0 saturated heterocycles. The molecule has 3 N–H and O–H groups in total. The van der Waals surface area contributed by atoms with E-state index in [0.717, 1.165) is 28.0 Å². The highest BCUT2D eigenvalue weighted by molar-refractivity contribution is 7.21. The second kappa shape index (κ2) is 8.52. The van der Waals surface area contributed by atoms with Crippen LogP contribution in [0, 0.1) is 0 Å². The summed E-state index contributed by atoms with van der Waals surface area (Å²) in [5.74, 6) is 0.522. The number of nitrogens with zero attached hydrogens (tertiary/aromatic N) is 1. The van der Waals surface area contributed by atoms with E-state index in [-0.39, 0.29) is 5.91 Å². The highest BCUT2D eigenvalue weighted by Gasteiger charge is 2.18. The summed E-state index contributed by atoms with van der Waals surface area (Å²) in [5.41, 5.74) is 9.26. The molecule has 8 heteroatoms. The number of thiophene rings is 1. The number of pyridine rings is 1. The molecule has 0 bridgehead atoms. The number of fused-ring (bicyclic) bond motifs is 1. The third kappa shape index (κ3) is 4.07. The average molecular weight is 458 g/mol. The van der Waals surface area contributed by atoms with Crippen molar-refractivity contribution in [2.75, 3.05) is 12.8 Å². The number of rotatable bonds is 5. The van der Waals surface area contributed by atoms with Gasteiger partial charge in [-0.15, -0.1) is 11.3 Å². The number of hydrogen-bond donors (Lipinski definition) is 2. The van der Waals surface area contributed by atoms with Crippen molar-refractivity contribution in [2.45, 2.75) is 6.54 Å². The van der Waals surface area contributed by atoms with Crippen molar-refractivity contribution in [2.24, 2.45) is 0 Å². The lowest BCUT2D eigenvalue weighted by Crippen LogP contribution is -2.22. The average Bonchev–Trinajstić information content (AvgIpc) is 3.10. The first kappa shape index (κ1) is 20.5. The minimum atomic E-state index is -0.257. The maximum absolute atomic E-state index is 12.7. The van der Waals surface area contributed by atoms with Crippen LogP contribution in [0.4, 0.5) is 5.69 Å². The van der Waals surface area contributed by atoms with Crippen LogP contribution in [0.3, 0.4) is 0 Å². The standard InChI is InChI=1S/C22H17Cl2N3O2S/c1-29-14-5-3-13(4-6-14)18-9-7-15-19(25)20(30-22(15)27-18)21(28)26-11-12-2-8-16(23)17(24)10-12/h2-10H,11,25H2,1H3,(H,26,28). The lowest BCUT2D eigenvalue weighted by molar-refractivity contribution is 0.0956. The highest BCUT2D eigenvalue weighted by Crippen LogP contribution is 2.34. The highest BCUT2D eigenvalue weighted by atomic mass is 35.5. The smallest absolute Gasteiger partial charge is 0.263 e. The minimum Gasteiger partial charge on any atom is -0.497 e. The van der Waals surface area contributed by atoms with Crippen LogP contribution in [-0.4, -0.2) is 18.0 Å². The summed E-state index contributed by atoms with van der Waals surface area (Å²) in [4.78, 5) is 18.5. The number of benzene rings is 2. The van der Waals surface area contributed by atoms with Crippen molar-refractivity contribution in [3.63, 3.8) is 0 Å². The van der Waals surface area contributed by atoms with Gasteiger partial charge in [0.15, 0.2) is 0 Å². The number of ether oxygens (including phenoxy) is 1. The number of hydrogen-bond acceptors (Lipinski definition) is 5. The maximum Gasteiger partial charge on any atom is 0.263 e. The van der Waals surface area contributed by atoms with Crippen molar-refractivity contribution in [1.29, 1.82) is 0 Å². The lowest BCUT2D eigenvalue weighted by atomic mass is 10.1. The van der Waals surface area contributed by atoms with Crippen LogP contribution in [0.1, 0.15) is 15.2 Å². The van der Waals surface area contributed by atoms with E-state index in [1.54, 1.807) is 19.2 Å². The van der Waals surface area contributed by atoms with Crippen molar-refractivity contribution < 1.29 is 9.53 Å². The van der Waals surface area contributed by atoms with Crippen LogP contribution in [0.2, 0.25) is 10.0 Å². The molecule has 152 valence electrons. The van der Waals surface area contributed by atoms with Crippen molar-refractivity contribution in [3.8, 4) is 17.0 Å². The predicted molar refractivity (Wildman–Crippen MR) is 124 cm³/mol. The van der Waals surface area contributed by atoms with Crippen molar-refractivity contribution >= 4 is 56.3 Å². The molecule has 0 aliphatic carbocycles. The Morgan fingerprint density at radius 1 is 1.10 bits per heavy atom. The van der Waals surface area contributed by atoms with Crippen LogP contribution < -0.4 is 15.8 Å². The number of halogens is 2. The second-order valence-electron chi connectivity index (χ2n) is 6.55. The first-order valence-electron chi connectivity index (χ1n) is 9.02. The Labute approximate surface area is 187 Å². The fourth-order valence-corrected chi connectivity index (χ4v) is 4.33. The van der Waals surface area contributed by atoms with Crippen molar-refractivity contribution in [3.05, 3.63) is 75.1 Å². The molecule has 4 aromatic rings. The molecule has 0 atom stereocenters. The summed E-state index contributed by atoms with van der Waals surface area (Å²) in [7, 11) is 1.63. The van der Waals surface area contributed by atoms with Gasteiger partial charge in [0.05, 0.1) is 28.5 Å². The molecule has 1 amide bonds. The van der Waals surface area contributed by atoms with Gasteiger partial charge in [0.1, 0.15) is 15.5 Å². The maximum atomic E-state index is 12.7. The van der Waals surface area contributed by atoms with E-state index in [1.807, 2.05) is 42.5 Å². The van der Waals surface area contributed by atoms with Gasteiger partial charge in [0, 0.05) is 17.5 Å². The van der Waals surface area contributed by atoms with E-state index in [0.29, 0.717) is 32.0 Å². The molecule has 0 spiro atoms. The number of methoxy groups -OCH3 is 1. The Kier molecular flexibility index (Phi) is 5.81. The number of anilines is 1. The molecule has 0 unspecified atom stereocenters. The lowest BCUT2D eigenvalue weighted by Gasteiger charge is -2.06. The van der Waals surface area contributed by atoms with Gasteiger partial charge in [-0.25, -0.2) is 4.98 Å². The molecule has 0 saturated carbocycles. The van der Waals surface area contributed by atoms with Gasteiger partial charge in [-0.2, -0.15) is 0 Å². The zero-order valence-corrected chi connectivity index (χ0v) is 18.2. The zero-order valence-electron chi connectivity index (χ0n) is 15.9. The number of nitrogen functional groups attached to an aromatic ring is 1. The molecule has 2 heterocycles. The SMILES string of the molecule is COc1ccc(-c2ccc3c(N)c(C(=O)NCc4ccc(Cl)c(Cl)c4)sc3n2)cc1. The Hall–Kier alpha value is -2.80. The Morgan fingerprint density at radius 3 is 2.57 bits per heavy atom. The Balaban J connectivity index is 1.57. The van der Waals surface area contributed by atoms with E-state index in [4.69, 9.17) is 38.7 Å². The molecular formula is C22H17Cl2N3O2S. The van der Waals surface area contributed by atoms with Crippen LogP contribution in [0.25, 0.3) is 21.5 Å². The molecule has 0 aliphatic rings. The number of carbonyl (C=O) groups is 1. The predicted octanol–water partition coefficient (Wildman–Crippen LogP) is 5.79. The number of amides is 1.